The van der Waals surface area contributed by atoms with Crippen molar-refractivity contribution in [3.05, 3.63) is 30.3 Å². The molecule has 0 spiro atoms. The van der Waals surface area contributed by atoms with Crippen LogP contribution in [0.5, 0.6) is 0 Å². The number of benzene rings is 1. The van der Waals surface area contributed by atoms with E-state index in [1.165, 1.54) is 0 Å². The third-order valence-electron chi connectivity index (χ3n) is 2.08. The Hall–Kier alpha value is -1.46. The predicted octanol–water partition coefficient (Wildman–Crippen LogP) is 0.471. The van der Waals surface area contributed by atoms with Crippen LogP contribution in [0.15, 0.2) is 30.3 Å². The Morgan fingerprint density at radius 3 is 2.73 bits per heavy atom. The van der Waals surface area contributed by atoms with Gasteiger partial charge in [-0.05, 0) is 12.1 Å². The molecule has 0 saturated carbocycles. The van der Waals surface area contributed by atoms with Gasteiger partial charge in [0.25, 0.3) is 0 Å². The summed E-state index contributed by atoms with van der Waals surface area (Å²) in [5, 5.41) is 8.74. The number of nitrogens with one attached hydrogen (secondary N) is 3. The average molecular weight is 221 g/mol. The van der Waals surface area contributed by atoms with E-state index in [9.17, 15) is 4.79 Å². The molecule has 0 radical (unpaired) electrons. The molecule has 1 saturated heterocycles. The molecule has 3 N–H and O–H groups in total. The molecule has 0 bridgehead atoms. The first-order valence-corrected chi connectivity index (χ1v) is 5.05. The molecule has 2 rings (SSSR count). The highest BCUT2D eigenvalue weighted by Gasteiger charge is 2.23. The summed E-state index contributed by atoms with van der Waals surface area (Å²) in [6.07, 6.45) is -0.257. The fraction of sp³-hybridized carbons (Fsp3) is 0.200. The summed E-state index contributed by atoms with van der Waals surface area (Å²) < 4.78 is 0. The largest absolute Gasteiger partial charge is 0.347 e. The van der Waals surface area contributed by atoms with Gasteiger partial charge in [0.2, 0.25) is 5.91 Å². The number of para-hydroxylation sites is 1. The lowest BCUT2D eigenvalue weighted by atomic mass is 10.3. The van der Waals surface area contributed by atoms with E-state index in [1.807, 2.05) is 30.3 Å². The molecule has 1 heterocycles. The van der Waals surface area contributed by atoms with E-state index in [1.54, 1.807) is 0 Å². The van der Waals surface area contributed by atoms with Crippen LogP contribution >= 0.6 is 12.2 Å². The summed E-state index contributed by atoms with van der Waals surface area (Å²) in [5.41, 5.74) is 0.922. The number of carbonyl (C=O) groups excluding carboxylic acids is 1. The van der Waals surface area contributed by atoms with Gasteiger partial charge in [-0.2, -0.15) is 0 Å². The summed E-state index contributed by atoms with van der Waals surface area (Å²) in [7, 11) is 0. The Labute approximate surface area is 93.1 Å². The molecule has 1 aliphatic heterocycles. The molecule has 1 aromatic rings. The maximum atomic E-state index is 10.9. The fourth-order valence-corrected chi connectivity index (χ4v) is 1.61. The minimum atomic E-state index is -0.257. The molecular formula is C10H11N3OS. The lowest BCUT2D eigenvalue weighted by Crippen LogP contribution is -2.42. The Balaban J connectivity index is 1.96. The normalized spacial score (nSPS) is 19.7. The van der Waals surface area contributed by atoms with Crippen molar-refractivity contribution in [2.45, 2.75) is 6.17 Å². The van der Waals surface area contributed by atoms with Crippen LogP contribution in [0, 0.1) is 0 Å². The maximum Gasteiger partial charge on any atom is 0.235 e. The van der Waals surface area contributed by atoms with Gasteiger partial charge in [-0.3, -0.25) is 10.1 Å². The van der Waals surface area contributed by atoms with Crippen molar-refractivity contribution in [1.82, 2.24) is 10.6 Å². The smallest absolute Gasteiger partial charge is 0.235 e. The molecule has 15 heavy (non-hydrogen) atoms. The maximum absolute atomic E-state index is 10.9. The van der Waals surface area contributed by atoms with Crippen LogP contribution in [0.2, 0.25) is 0 Å². The summed E-state index contributed by atoms with van der Waals surface area (Å²) in [6.45, 7) is 0.321. The van der Waals surface area contributed by atoms with Crippen molar-refractivity contribution in [1.29, 1.82) is 0 Å². The summed E-state index contributed by atoms with van der Waals surface area (Å²) in [4.78, 5) is 11.5. The summed E-state index contributed by atoms with van der Waals surface area (Å²) in [6, 6.07) is 9.62. The van der Waals surface area contributed by atoms with Crippen LogP contribution in [0.1, 0.15) is 0 Å². The fourth-order valence-electron chi connectivity index (χ4n) is 1.35. The summed E-state index contributed by atoms with van der Waals surface area (Å²) >= 11 is 5.16. The molecule has 1 amide bonds. The van der Waals surface area contributed by atoms with E-state index in [4.69, 9.17) is 12.2 Å². The molecule has 78 valence electrons. The highest BCUT2D eigenvalue weighted by atomic mass is 32.1. The lowest BCUT2D eigenvalue weighted by molar-refractivity contribution is -0.118. The molecule has 5 heteroatoms. The van der Waals surface area contributed by atoms with Gasteiger partial charge in [-0.25, -0.2) is 0 Å². The van der Waals surface area contributed by atoms with Crippen molar-refractivity contribution in [3.63, 3.8) is 0 Å². The van der Waals surface area contributed by atoms with Crippen LogP contribution in [0.3, 0.4) is 0 Å². The van der Waals surface area contributed by atoms with Crippen molar-refractivity contribution >= 4 is 28.8 Å². The highest BCUT2D eigenvalue weighted by Crippen LogP contribution is 2.06. The zero-order chi connectivity index (χ0) is 10.7. The van der Waals surface area contributed by atoms with Gasteiger partial charge >= 0.3 is 0 Å². The van der Waals surface area contributed by atoms with Crippen LogP contribution < -0.4 is 16.0 Å². The number of anilines is 1. The van der Waals surface area contributed by atoms with E-state index in [0.29, 0.717) is 11.5 Å². The number of hydrogen-bond acceptors (Lipinski definition) is 3. The molecule has 1 fully saturated rings. The molecule has 1 atom stereocenters. The van der Waals surface area contributed by atoms with E-state index >= 15 is 0 Å². The third-order valence-corrected chi connectivity index (χ3v) is 2.41. The second-order valence-electron chi connectivity index (χ2n) is 3.24. The van der Waals surface area contributed by atoms with Gasteiger partial charge in [0, 0.05) is 5.69 Å². The SMILES string of the molecule is O=C1CNC(C(=S)Nc2ccccc2)N1. The van der Waals surface area contributed by atoms with Crippen LogP contribution in [-0.4, -0.2) is 23.6 Å². The lowest BCUT2D eigenvalue weighted by Gasteiger charge is -2.13. The standard InChI is InChI=1S/C10H11N3OS/c14-8-6-11-9(13-8)10(15)12-7-4-2-1-3-5-7/h1-5,9,11H,6H2,(H,12,15)(H,13,14). The van der Waals surface area contributed by atoms with Gasteiger partial charge in [0.05, 0.1) is 6.54 Å². The van der Waals surface area contributed by atoms with Gasteiger partial charge < -0.3 is 10.6 Å². The monoisotopic (exact) mass is 221 g/mol. The molecule has 0 aliphatic carbocycles. The van der Waals surface area contributed by atoms with Crippen LogP contribution in [0.25, 0.3) is 0 Å². The summed E-state index contributed by atoms with van der Waals surface area (Å²) in [5.74, 6) is -0.0304. The second kappa shape index (κ2) is 4.37. The number of hydrogen-bond donors (Lipinski definition) is 3. The topological polar surface area (TPSA) is 53.2 Å². The molecule has 1 unspecified atom stereocenters. The van der Waals surface area contributed by atoms with E-state index < -0.39 is 0 Å². The van der Waals surface area contributed by atoms with Crippen molar-refractivity contribution < 1.29 is 4.79 Å². The number of thiocarbonyl (C=S) groups is 1. The predicted molar refractivity (Wildman–Crippen MR) is 62.6 cm³/mol. The van der Waals surface area contributed by atoms with E-state index in [2.05, 4.69) is 16.0 Å². The minimum Gasteiger partial charge on any atom is -0.347 e. The number of rotatable bonds is 2. The van der Waals surface area contributed by atoms with E-state index in [0.717, 1.165) is 5.69 Å². The van der Waals surface area contributed by atoms with Crippen LogP contribution in [0.4, 0.5) is 5.69 Å². The van der Waals surface area contributed by atoms with Crippen molar-refractivity contribution in [2.24, 2.45) is 0 Å². The first-order valence-electron chi connectivity index (χ1n) is 4.64. The quantitative estimate of drug-likeness (QED) is 0.636. The third kappa shape index (κ3) is 2.51. The van der Waals surface area contributed by atoms with Crippen molar-refractivity contribution in [2.75, 3.05) is 11.9 Å². The van der Waals surface area contributed by atoms with Crippen LogP contribution in [-0.2, 0) is 4.79 Å². The van der Waals surface area contributed by atoms with E-state index in [-0.39, 0.29) is 12.1 Å². The first-order chi connectivity index (χ1) is 7.25. The first kappa shape index (κ1) is 10.1. The Kier molecular flexibility index (Phi) is 2.94. The zero-order valence-electron chi connectivity index (χ0n) is 7.99. The van der Waals surface area contributed by atoms with Gasteiger partial charge in [-0.1, -0.05) is 30.4 Å². The molecular weight excluding hydrogens is 210 g/mol. The van der Waals surface area contributed by atoms with Gasteiger partial charge in [-0.15, -0.1) is 0 Å². The number of amides is 1. The Bertz CT molecular complexity index is 380. The molecule has 1 aliphatic rings. The molecule has 1 aromatic carbocycles. The minimum absolute atomic E-state index is 0.0304. The van der Waals surface area contributed by atoms with Crippen molar-refractivity contribution in [3.8, 4) is 0 Å². The van der Waals surface area contributed by atoms with Gasteiger partial charge in [0.1, 0.15) is 11.2 Å². The number of carbonyl (C=O) groups is 1. The van der Waals surface area contributed by atoms with Gasteiger partial charge in [0.15, 0.2) is 0 Å². The molecule has 4 nitrogen and oxygen atoms in total. The highest BCUT2D eigenvalue weighted by molar-refractivity contribution is 7.80. The zero-order valence-corrected chi connectivity index (χ0v) is 8.80. The second-order valence-corrected chi connectivity index (χ2v) is 3.68. The average Bonchev–Trinajstić information content (AvgIpc) is 2.66. The molecule has 0 aromatic heterocycles. The Morgan fingerprint density at radius 2 is 2.13 bits per heavy atom. The Morgan fingerprint density at radius 1 is 1.40 bits per heavy atom.